The van der Waals surface area contributed by atoms with Crippen molar-refractivity contribution < 1.29 is 19.4 Å². The number of para-hydroxylation sites is 1. The fraction of sp³-hybridized carbons (Fsp3) is 0.320. The van der Waals surface area contributed by atoms with Crippen molar-refractivity contribution in [1.82, 2.24) is 0 Å². The van der Waals surface area contributed by atoms with Gasteiger partial charge in [0.25, 0.3) is 0 Å². The smallest absolute Gasteiger partial charge is 0.507 e. The van der Waals surface area contributed by atoms with Crippen molar-refractivity contribution in [2.45, 2.75) is 44.9 Å². The van der Waals surface area contributed by atoms with Crippen LogP contribution in [-0.4, -0.2) is 11.3 Å². The summed E-state index contributed by atoms with van der Waals surface area (Å²) < 4.78 is 11.3. The van der Waals surface area contributed by atoms with E-state index in [4.69, 9.17) is 9.47 Å². The molecule has 1 N–H and O–H groups in total. The number of hydrogen-bond acceptors (Lipinski definition) is 4. The third kappa shape index (κ3) is 2.70. The van der Waals surface area contributed by atoms with E-state index in [1.807, 2.05) is 36.4 Å². The Morgan fingerprint density at radius 1 is 1.00 bits per heavy atom. The minimum atomic E-state index is -0.744. The SMILES string of the molecule is CCc1cccc2c(O)c3c(c(OC(=O)Oc4ccccc4)c12)C1CCC3C1C. The Morgan fingerprint density at radius 3 is 2.45 bits per heavy atom. The maximum atomic E-state index is 12.7. The van der Waals surface area contributed by atoms with Crippen molar-refractivity contribution in [2.75, 3.05) is 0 Å². The topological polar surface area (TPSA) is 55.8 Å². The van der Waals surface area contributed by atoms with E-state index >= 15 is 0 Å². The Balaban J connectivity index is 1.68. The Bertz CT molecular complexity index is 1100. The lowest BCUT2D eigenvalue weighted by Crippen LogP contribution is -2.16. The van der Waals surface area contributed by atoms with Gasteiger partial charge in [0.15, 0.2) is 0 Å². The van der Waals surface area contributed by atoms with E-state index in [1.54, 1.807) is 12.1 Å². The van der Waals surface area contributed by atoms with E-state index in [9.17, 15) is 9.90 Å². The van der Waals surface area contributed by atoms with Gasteiger partial charge in [-0.05, 0) is 54.7 Å². The summed E-state index contributed by atoms with van der Waals surface area (Å²) in [7, 11) is 0. The molecule has 0 spiro atoms. The van der Waals surface area contributed by atoms with Crippen LogP contribution in [0, 0.1) is 5.92 Å². The van der Waals surface area contributed by atoms with Crippen molar-refractivity contribution in [3.05, 3.63) is 65.2 Å². The summed E-state index contributed by atoms with van der Waals surface area (Å²) in [5.41, 5.74) is 3.03. The first kappa shape index (κ1) is 18.0. The highest BCUT2D eigenvalue weighted by molar-refractivity contribution is 6.00. The third-order valence-corrected chi connectivity index (χ3v) is 6.73. The number of aromatic hydroxyl groups is 1. The van der Waals surface area contributed by atoms with E-state index in [2.05, 4.69) is 13.8 Å². The molecule has 0 aromatic heterocycles. The molecule has 3 atom stereocenters. The Morgan fingerprint density at radius 2 is 1.72 bits per heavy atom. The minimum Gasteiger partial charge on any atom is -0.507 e. The lowest BCUT2D eigenvalue weighted by molar-refractivity contribution is 0.151. The number of carbonyl (C=O) groups excluding carboxylic acids is 1. The van der Waals surface area contributed by atoms with Crippen LogP contribution in [0.15, 0.2) is 48.5 Å². The van der Waals surface area contributed by atoms with Crippen LogP contribution < -0.4 is 9.47 Å². The first-order chi connectivity index (χ1) is 14.1. The van der Waals surface area contributed by atoms with E-state index in [-0.39, 0.29) is 0 Å². The van der Waals surface area contributed by atoms with Crippen LogP contribution in [0.25, 0.3) is 10.8 Å². The molecular formula is C25H24O4. The minimum absolute atomic E-state index is 0.301. The number of carbonyl (C=O) groups is 1. The van der Waals surface area contributed by atoms with E-state index in [0.717, 1.165) is 46.7 Å². The van der Waals surface area contributed by atoms with Gasteiger partial charge in [0.1, 0.15) is 17.2 Å². The maximum Gasteiger partial charge on any atom is 0.519 e. The molecule has 4 heteroatoms. The highest BCUT2D eigenvalue weighted by atomic mass is 16.7. The molecule has 1 fully saturated rings. The van der Waals surface area contributed by atoms with Crippen molar-refractivity contribution in [3.63, 3.8) is 0 Å². The van der Waals surface area contributed by atoms with Gasteiger partial charge in [0.05, 0.1) is 0 Å². The number of aryl methyl sites for hydroxylation is 1. The number of phenolic OH excluding ortho intramolecular Hbond substituents is 1. The molecule has 2 aliphatic carbocycles. The van der Waals surface area contributed by atoms with Crippen LogP contribution in [0.3, 0.4) is 0 Å². The number of hydrogen-bond donors (Lipinski definition) is 1. The summed E-state index contributed by atoms with van der Waals surface area (Å²) in [6.07, 6.45) is 2.16. The molecule has 0 heterocycles. The molecule has 0 radical (unpaired) electrons. The highest BCUT2D eigenvalue weighted by Crippen LogP contribution is 2.63. The molecular weight excluding hydrogens is 364 g/mol. The fourth-order valence-corrected chi connectivity index (χ4v) is 5.41. The summed E-state index contributed by atoms with van der Waals surface area (Å²) >= 11 is 0. The predicted molar refractivity (Wildman–Crippen MR) is 112 cm³/mol. The molecule has 2 bridgehead atoms. The van der Waals surface area contributed by atoms with Gasteiger partial charge in [0.2, 0.25) is 0 Å². The van der Waals surface area contributed by atoms with Gasteiger partial charge >= 0.3 is 6.16 Å². The molecule has 0 amide bonds. The van der Waals surface area contributed by atoms with Crippen LogP contribution in [0.5, 0.6) is 17.2 Å². The average Bonchev–Trinajstić information content (AvgIpc) is 3.24. The van der Waals surface area contributed by atoms with Crippen molar-refractivity contribution in [2.24, 2.45) is 5.92 Å². The zero-order valence-corrected chi connectivity index (χ0v) is 16.6. The molecule has 0 aliphatic heterocycles. The molecule has 0 saturated heterocycles. The highest BCUT2D eigenvalue weighted by Gasteiger charge is 2.48. The molecule has 1 saturated carbocycles. The van der Waals surface area contributed by atoms with E-state index in [0.29, 0.717) is 35.0 Å². The zero-order chi connectivity index (χ0) is 20.1. The Labute approximate surface area is 170 Å². The quantitative estimate of drug-likeness (QED) is 0.423. The molecule has 3 aromatic carbocycles. The summed E-state index contributed by atoms with van der Waals surface area (Å²) in [6, 6.07) is 14.8. The Kier molecular flexibility index (Phi) is 4.23. The van der Waals surface area contributed by atoms with Gasteiger partial charge in [-0.1, -0.05) is 50.2 Å². The first-order valence-electron chi connectivity index (χ1n) is 10.3. The van der Waals surface area contributed by atoms with E-state index < -0.39 is 6.16 Å². The van der Waals surface area contributed by atoms with Gasteiger partial charge < -0.3 is 14.6 Å². The molecule has 29 heavy (non-hydrogen) atoms. The first-order valence-corrected chi connectivity index (χ1v) is 10.3. The van der Waals surface area contributed by atoms with Gasteiger partial charge in [-0.2, -0.15) is 0 Å². The van der Waals surface area contributed by atoms with Gasteiger partial charge in [-0.15, -0.1) is 0 Å². The third-order valence-electron chi connectivity index (χ3n) is 6.73. The summed E-state index contributed by atoms with van der Waals surface area (Å²) in [4.78, 5) is 12.7. The average molecular weight is 388 g/mol. The van der Waals surface area contributed by atoms with Crippen LogP contribution in [0.2, 0.25) is 0 Å². The second-order valence-electron chi connectivity index (χ2n) is 8.11. The second-order valence-corrected chi connectivity index (χ2v) is 8.11. The lowest BCUT2D eigenvalue weighted by atomic mass is 9.86. The van der Waals surface area contributed by atoms with Crippen LogP contribution in [-0.2, 0) is 6.42 Å². The monoisotopic (exact) mass is 388 g/mol. The zero-order valence-electron chi connectivity index (χ0n) is 16.6. The molecule has 3 aromatic rings. The summed E-state index contributed by atoms with van der Waals surface area (Å²) in [5.74, 6) is 2.43. The molecule has 148 valence electrons. The number of ether oxygens (including phenoxy) is 2. The predicted octanol–water partition coefficient (Wildman–Crippen LogP) is 6.30. The Hall–Kier alpha value is -3.01. The lowest BCUT2D eigenvalue weighted by Gasteiger charge is -2.23. The van der Waals surface area contributed by atoms with Crippen LogP contribution >= 0.6 is 0 Å². The summed E-state index contributed by atoms with van der Waals surface area (Å²) in [5, 5.41) is 12.7. The van der Waals surface area contributed by atoms with Crippen molar-refractivity contribution in [3.8, 4) is 17.2 Å². The maximum absolute atomic E-state index is 12.7. The van der Waals surface area contributed by atoms with Gasteiger partial charge in [-0.25, -0.2) is 4.79 Å². The fourth-order valence-electron chi connectivity index (χ4n) is 5.41. The molecule has 3 unspecified atom stereocenters. The molecule has 4 nitrogen and oxygen atoms in total. The standard InChI is InChI=1S/C25H24O4/c1-3-15-8-7-11-19-20(15)24(29-25(27)28-16-9-5-4-6-10-16)22-18-13-12-17(14(18)2)21(22)23(19)26/h4-11,14,17-18,26H,3,12-13H2,1-2H3. The number of fused-ring (bicyclic) bond motifs is 6. The van der Waals surface area contributed by atoms with Crippen molar-refractivity contribution in [1.29, 1.82) is 0 Å². The molecule has 2 aliphatic rings. The van der Waals surface area contributed by atoms with Crippen LogP contribution in [0.1, 0.15) is 55.2 Å². The largest absolute Gasteiger partial charge is 0.519 e. The normalized spacial score (nSPS) is 21.9. The molecule has 5 rings (SSSR count). The van der Waals surface area contributed by atoms with Gasteiger partial charge in [0, 0.05) is 21.9 Å². The number of phenols is 1. The second kappa shape index (κ2) is 6.80. The van der Waals surface area contributed by atoms with Crippen LogP contribution in [0.4, 0.5) is 4.79 Å². The van der Waals surface area contributed by atoms with Gasteiger partial charge in [-0.3, -0.25) is 0 Å². The summed E-state index contributed by atoms with van der Waals surface area (Å²) in [6.45, 7) is 4.30. The number of rotatable bonds is 3. The number of benzene rings is 3. The van der Waals surface area contributed by atoms with Crippen molar-refractivity contribution >= 4 is 16.9 Å². The van der Waals surface area contributed by atoms with E-state index in [1.165, 1.54) is 0 Å².